The third kappa shape index (κ3) is 4.22. The third-order valence-electron chi connectivity index (χ3n) is 6.06. The zero-order valence-corrected chi connectivity index (χ0v) is 16.6. The smallest absolute Gasteiger partial charge is 0.310 e. The van der Waals surface area contributed by atoms with Gasteiger partial charge in [0.25, 0.3) is 0 Å². The Balaban J connectivity index is 1.26. The molecule has 1 heterocycles. The Labute approximate surface area is 167 Å². The molecule has 2 aromatic carbocycles. The summed E-state index contributed by atoms with van der Waals surface area (Å²) < 4.78 is 10.7. The summed E-state index contributed by atoms with van der Waals surface area (Å²) in [5.74, 6) is 1.56. The molecule has 1 aliphatic carbocycles. The van der Waals surface area contributed by atoms with E-state index >= 15 is 0 Å². The van der Waals surface area contributed by atoms with E-state index in [0.717, 1.165) is 42.8 Å². The van der Waals surface area contributed by atoms with Crippen LogP contribution in [-0.2, 0) is 35.4 Å². The van der Waals surface area contributed by atoms with Crippen LogP contribution in [0.1, 0.15) is 53.0 Å². The van der Waals surface area contributed by atoms with E-state index in [-0.39, 0.29) is 5.97 Å². The topological polar surface area (TPSA) is 47.6 Å². The quantitative estimate of drug-likeness (QED) is 0.585. The van der Waals surface area contributed by atoms with E-state index in [1.165, 1.54) is 36.0 Å². The highest BCUT2D eigenvalue weighted by molar-refractivity contribution is 5.74. The fraction of sp³-hybridized carbons (Fsp3) is 0.458. The summed E-state index contributed by atoms with van der Waals surface area (Å²) in [5.41, 5.74) is 6.47. The standard InChI is InChI=1S/C24H29NO3/c1-27-23-7-3-5-21-18(4-2-6-22(21)23)11-13-25-12-10-17-8-9-19-15-24(26)28-16-20(19)14-17/h3,5,7-9,14,18,25H,2,4,6,10-13,15-16H2,1H3. The van der Waals surface area contributed by atoms with Crippen LogP contribution in [0.25, 0.3) is 0 Å². The lowest BCUT2D eigenvalue weighted by atomic mass is 9.80. The molecule has 0 radical (unpaired) electrons. The van der Waals surface area contributed by atoms with Gasteiger partial charge in [0.15, 0.2) is 0 Å². The van der Waals surface area contributed by atoms with E-state index in [4.69, 9.17) is 9.47 Å². The number of cyclic esters (lactones) is 1. The van der Waals surface area contributed by atoms with Gasteiger partial charge in [0.1, 0.15) is 12.4 Å². The molecule has 1 N–H and O–H groups in total. The predicted molar refractivity (Wildman–Crippen MR) is 110 cm³/mol. The second-order valence-corrected chi connectivity index (χ2v) is 7.85. The number of rotatable bonds is 7. The SMILES string of the molecule is COc1cccc2c1CCCC2CCNCCc1ccc2c(c1)COC(=O)C2. The van der Waals surface area contributed by atoms with Gasteiger partial charge in [-0.3, -0.25) is 4.79 Å². The lowest BCUT2D eigenvalue weighted by Crippen LogP contribution is -2.22. The molecule has 0 fully saturated rings. The number of fused-ring (bicyclic) bond motifs is 2. The maximum Gasteiger partial charge on any atom is 0.310 e. The van der Waals surface area contributed by atoms with Gasteiger partial charge in [-0.2, -0.15) is 0 Å². The van der Waals surface area contributed by atoms with Crippen LogP contribution in [-0.4, -0.2) is 26.2 Å². The van der Waals surface area contributed by atoms with Gasteiger partial charge < -0.3 is 14.8 Å². The van der Waals surface area contributed by atoms with E-state index in [0.29, 0.717) is 18.9 Å². The highest BCUT2D eigenvalue weighted by Gasteiger charge is 2.22. The van der Waals surface area contributed by atoms with E-state index in [2.05, 4.69) is 41.7 Å². The van der Waals surface area contributed by atoms with E-state index in [1.807, 2.05) is 0 Å². The van der Waals surface area contributed by atoms with Crippen molar-refractivity contribution in [3.8, 4) is 5.75 Å². The third-order valence-corrected chi connectivity index (χ3v) is 6.06. The van der Waals surface area contributed by atoms with Crippen LogP contribution < -0.4 is 10.1 Å². The van der Waals surface area contributed by atoms with E-state index in [1.54, 1.807) is 7.11 Å². The van der Waals surface area contributed by atoms with Crippen LogP contribution in [0.2, 0.25) is 0 Å². The second kappa shape index (κ2) is 8.78. The van der Waals surface area contributed by atoms with Crippen molar-refractivity contribution in [1.82, 2.24) is 5.32 Å². The first kappa shape index (κ1) is 19.0. The van der Waals surface area contributed by atoms with Gasteiger partial charge in [-0.25, -0.2) is 0 Å². The minimum atomic E-state index is -0.121. The summed E-state index contributed by atoms with van der Waals surface area (Å²) in [6.07, 6.45) is 6.22. The Hall–Kier alpha value is -2.33. The summed E-state index contributed by atoms with van der Waals surface area (Å²) in [4.78, 5) is 11.4. The number of nitrogens with one attached hydrogen (secondary N) is 1. The van der Waals surface area contributed by atoms with Crippen molar-refractivity contribution in [3.63, 3.8) is 0 Å². The van der Waals surface area contributed by atoms with Crippen LogP contribution >= 0.6 is 0 Å². The fourth-order valence-corrected chi connectivity index (χ4v) is 4.54. The van der Waals surface area contributed by atoms with Gasteiger partial charge in [-0.15, -0.1) is 0 Å². The van der Waals surface area contributed by atoms with Crippen LogP contribution in [0.4, 0.5) is 0 Å². The van der Waals surface area contributed by atoms with Crippen molar-refractivity contribution in [2.45, 2.75) is 51.0 Å². The largest absolute Gasteiger partial charge is 0.496 e. The van der Waals surface area contributed by atoms with Crippen molar-refractivity contribution in [2.75, 3.05) is 20.2 Å². The second-order valence-electron chi connectivity index (χ2n) is 7.85. The number of hydrogen-bond acceptors (Lipinski definition) is 4. The normalized spacial score (nSPS) is 18.2. The van der Waals surface area contributed by atoms with Crippen molar-refractivity contribution in [3.05, 3.63) is 64.2 Å². The minimum Gasteiger partial charge on any atom is -0.496 e. The Morgan fingerprint density at radius 2 is 2.11 bits per heavy atom. The van der Waals surface area contributed by atoms with Crippen LogP contribution in [0, 0.1) is 0 Å². The summed E-state index contributed by atoms with van der Waals surface area (Å²) >= 11 is 0. The Bertz CT molecular complexity index is 846. The molecule has 4 heteroatoms. The first-order valence-electron chi connectivity index (χ1n) is 10.4. The predicted octanol–water partition coefficient (Wildman–Crippen LogP) is 3.94. The fourth-order valence-electron chi connectivity index (χ4n) is 4.54. The molecular weight excluding hydrogens is 350 g/mol. The molecule has 0 bridgehead atoms. The summed E-state index contributed by atoms with van der Waals surface area (Å²) in [5, 5.41) is 3.61. The molecule has 148 valence electrons. The molecule has 0 saturated heterocycles. The highest BCUT2D eigenvalue weighted by Crippen LogP contribution is 2.38. The number of esters is 1. The van der Waals surface area contributed by atoms with Crippen molar-refractivity contribution < 1.29 is 14.3 Å². The molecule has 4 nitrogen and oxygen atoms in total. The summed E-state index contributed by atoms with van der Waals surface area (Å²) in [6.45, 7) is 2.42. The average Bonchev–Trinajstić information content (AvgIpc) is 2.73. The Morgan fingerprint density at radius 1 is 1.18 bits per heavy atom. The number of carbonyl (C=O) groups excluding carboxylic acids is 1. The van der Waals surface area contributed by atoms with Crippen LogP contribution in [0.15, 0.2) is 36.4 Å². The van der Waals surface area contributed by atoms with Crippen molar-refractivity contribution >= 4 is 5.97 Å². The number of carbonyl (C=O) groups is 1. The molecule has 4 rings (SSSR count). The number of benzene rings is 2. The van der Waals surface area contributed by atoms with Crippen LogP contribution in [0.5, 0.6) is 5.75 Å². The van der Waals surface area contributed by atoms with Crippen molar-refractivity contribution in [2.24, 2.45) is 0 Å². The first-order valence-corrected chi connectivity index (χ1v) is 10.4. The summed E-state index contributed by atoms with van der Waals surface area (Å²) in [7, 11) is 1.77. The maximum absolute atomic E-state index is 11.4. The molecule has 1 aliphatic heterocycles. The van der Waals surface area contributed by atoms with Gasteiger partial charge >= 0.3 is 5.97 Å². The Morgan fingerprint density at radius 3 is 3.00 bits per heavy atom. The zero-order chi connectivity index (χ0) is 19.3. The molecule has 0 spiro atoms. The van der Waals surface area contributed by atoms with Crippen LogP contribution in [0.3, 0.4) is 0 Å². The average molecular weight is 380 g/mol. The molecule has 0 saturated carbocycles. The first-order chi connectivity index (χ1) is 13.7. The molecule has 2 aliphatic rings. The lowest BCUT2D eigenvalue weighted by molar-refractivity contribution is -0.145. The highest BCUT2D eigenvalue weighted by atomic mass is 16.5. The van der Waals surface area contributed by atoms with Gasteiger partial charge in [0.2, 0.25) is 0 Å². The number of methoxy groups -OCH3 is 1. The maximum atomic E-state index is 11.4. The minimum absolute atomic E-state index is 0.121. The molecule has 2 aromatic rings. The molecule has 0 amide bonds. The molecule has 1 unspecified atom stereocenters. The van der Waals surface area contributed by atoms with Gasteiger partial charge in [0.05, 0.1) is 13.5 Å². The van der Waals surface area contributed by atoms with Crippen molar-refractivity contribution in [1.29, 1.82) is 0 Å². The summed E-state index contributed by atoms with van der Waals surface area (Å²) in [6, 6.07) is 12.9. The zero-order valence-electron chi connectivity index (χ0n) is 16.6. The molecule has 1 atom stereocenters. The van der Waals surface area contributed by atoms with Gasteiger partial charge in [-0.1, -0.05) is 30.3 Å². The van der Waals surface area contributed by atoms with Gasteiger partial charge in [0, 0.05) is 0 Å². The Kier molecular flexibility index (Phi) is 5.96. The molecule has 0 aromatic heterocycles. The monoisotopic (exact) mass is 379 g/mol. The lowest BCUT2D eigenvalue weighted by Gasteiger charge is -2.27. The molecule has 28 heavy (non-hydrogen) atoms. The molecular formula is C24H29NO3. The van der Waals surface area contributed by atoms with E-state index < -0.39 is 0 Å². The van der Waals surface area contributed by atoms with E-state index in [9.17, 15) is 4.79 Å². The van der Waals surface area contributed by atoms with Gasteiger partial charge in [-0.05, 0) is 85.0 Å². The number of hydrogen-bond donors (Lipinski definition) is 1. The number of ether oxygens (including phenoxy) is 2.